The summed E-state index contributed by atoms with van der Waals surface area (Å²) in [7, 11) is 0. The predicted molar refractivity (Wildman–Crippen MR) is 29.1 cm³/mol. The summed E-state index contributed by atoms with van der Waals surface area (Å²) in [6, 6.07) is 0. The molecule has 0 bridgehead atoms. The molecule has 0 aliphatic rings. The third kappa shape index (κ3) is 0.964. The van der Waals surface area contributed by atoms with Gasteiger partial charge < -0.3 is 4.42 Å². The molecule has 0 unspecified atom stereocenters. The van der Waals surface area contributed by atoms with Crippen LogP contribution in [0.3, 0.4) is 0 Å². The topological polar surface area (TPSA) is 26.0 Å². The number of allylic oxidation sites excluding steroid dienone is 1. The summed E-state index contributed by atoms with van der Waals surface area (Å²) in [6.07, 6.45) is 7.65. The first-order chi connectivity index (χ1) is 3.93. The van der Waals surface area contributed by atoms with Gasteiger partial charge in [-0.15, -0.1) is 0 Å². The van der Waals surface area contributed by atoms with Crippen LogP contribution in [0, 0.1) is 6.08 Å². The van der Waals surface area contributed by atoms with Gasteiger partial charge in [0.15, 0.2) is 0 Å². The Labute approximate surface area is 47.9 Å². The van der Waals surface area contributed by atoms with Crippen LogP contribution < -0.4 is 0 Å². The number of rotatable bonds is 1. The zero-order valence-corrected chi connectivity index (χ0v) is 4.59. The zero-order valence-electron chi connectivity index (χ0n) is 4.59. The van der Waals surface area contributed by atoms with Crippen LogP contribution >= 0.6 is 0 Å². The van der Waals surface area contributed by atoms with E-state index in [1.807, 2.05) is 6.92 Å². The second-order valence-corrected chi connectivity index (χ2v) is 1.27. The second kappa shape index (κ2) is 2.31. The van der Waals surface area contributed by atoms with E-state index in [1.54, 1.807) is 12.3 Å². The molecule has 0 aliphatic carbocycles. The van der Waals surface area contributed by atoms with Crippen LogP contribution in [0.15, 0.2) is 23.0 Å². The van der Waals surface area contributed by atoms with E-state index in [1.165, 1.54) is 6.26 Å². The smallest absolute Gasteiger partial charge is 0.226 e. The van der Waals surface area contributed by atoms with Gasteiger partial charge in [0, 0.05) is 6.08 Å². The van der Waals surface area contributed by atoms with Gasteiger partial charge in [0.05, 0.1) is 6.20 Å². The zero-order chi connectivity index (χ0) is 5.82. The van der Waals surface area contributed by atoms with Crippen molar-refractivity contribution in [3.05, 3.63) is 30.5 Å². The molecule has 0 saturated carbocycles. The minimum Gasteiger partial charge on any atom is -0.445 e. The summed E-state index contributed by atoms with van der Waals surface area (Å²) in [4.78, 5) is 3.80. The van der Waals surface area contributed by atoms with Crippen molar-refractivity contribution in [1.82, 2.24) is 4.98 Å². The van der Waals surface area contributed by atoms with Crippen LogP contribution in [0.1, 0.15) is 12.8 Å². The summed E-state index contributed by atoms with van der Waals surface area (Å²) < 4.78 is 4.82. The minimum absolute atomic E-state index is 0.535. The highest BCUT2D eigenvalue weighted by Gasteiger charge is 1.84. The molecule has 2 nitrogen and oxygen atoms in total. The van der Waals surface area contributed by atoms with Crippen LogP contribution in [0.5, 0.6) is 0 Å². The maximum absolute atomic E-state index is 4.82. The quantitative estimate of drug-likeness (QED) is 0.543. The van der Waals surface area contributed by atoms with E-state index in [2.05, 4.69) is 11.1 Å². The normalized spacial score (nSPS) is 10.6. The van der Waals surface area contributed by atoms with Crippen LogP contribution in [0.4, 0.5) is 0 Å². The minimum atomic E-state index is 0.535. The second-order valence-electron chi connectivity index (χ2n) is 1.27. The standard InChI is InChI=1S/C6H6NO/c1-2-3-6-7-4-5-8-6/h2,4-5H,1H3. The van der Waals surface area contributed by atoms with Crippen LogP contribution in [-0.4, -0.2) is 4.98 Å². The first-order valence-electron chi connectivity index (χ1n) is 2.37. The Balaban J connectivity index is 2.77. The number of aromatic nitrogens is 1. The Kier molecular flexibility index (Phi) is 1.47. The molecule has 1 heterocycles. The highest BCUT2D eigenvalue weighted by Crippen LogP contribution is 1.92. The number of nitrogens with zero attached hydrogens (tertiary/aromatic N) is 1. The molecule has 0 aromatic carbocycles. The molecule has 0 spiro atoms. The SMILES string of the molecule is C/C=[C]/c1ncco1. The van der Waals surface area contributed by atoms with Gasteiger partial charge in [-0.3, -0.25) is 0 Å². The van der Waals surface area contributed by atoms with E-state index in [0.29, 0.717) is 5.89 Å². The summed E-state index contributed by atoms with van der Waals surface area (Å²) >= 11 is 0. The first kappa shape index (κ1) is 5.09. The summed E-state index contributed by atoms with van der Waals surface area (Å²) in [5.74, 6) is 0.535. The Bertz CT molecular complexity index is 165. The van der Waals surface area contributed by atoms with Crippen LogP contribution in [0.2, 0.25) is 0 Å². The third-order valence-electron chi connectivity index (χ3n) is 0.700. The molecule has 0 fully saturated rings. The fourth-order valence-corrected chi connectivity index (χ4v) is 0.418. The van der Waals surface area contributed by atoms with E-state index in [4.69, 9.17) is 4.42 Å². The molecule has 1 rings (SSSR count). The molecule has 8 heavy (non-hydrogen) atoms. The van der Waals surface area contributed by atoms with E-state index in [0.717, 1.165) is 0 Å². The number of oxazole rings is 1. The maximum atomic E-state index is 4.82. The van der Waals surface area contributed by atoms with Gasteiger partial charge in [0.25, 0.3) is 0 Å². The van der Waals surface area contributed by atoms with Crippen molar-refractivity contribution in [2.45, 2.75) is 6.92 Å². The predicted octanol–water partition coefficient (Wildman–Crippen LogP) is 1.40. The molecule has 0 N–H and O–H groups in total. The third-order valence-corrected chi connectivity index (χ3v) is 0.700. The largest absolute Gasteiger partial charge is 0.445 e. The first-order valence-corrected chi connectivity index (χ1v) is 2.37. The molecule has 1 radical (unpaired) electrons. The van der Waals surface area contributed by atoms with Gasteiger partial charge in [0.1, 0.15) is 6.26 Å². The van der Waals surface area contributed by atoms with Crippen molar-refractivity contribution in [2.75, 3.05) is 0 Å². The lowest BCUT2D eigenvalue weighted by atomic mass is 10.5. The van der Waals surface area contributed by atoms with E-state index >= 15 is 0 Å². The van der Waals surface area contributed by atoms with Crippen molar-refractivity contribution in [1.29, 1.82) is 0 Å². The average Bonchev–Trinajstić information content (AvgIpc) is 2.19. The molecule has 1 aromatic heterocycles. The van der Waals surface area contributed by atoms with Crippen LogP contribution in [-0.2, 0) is 0 Å². The number of hydrogen-bond acceptors (Lipinski definition) is 2. The van der Waals surface area contributed by atoms with Gasteiger partial charge >= 0.3 is 0 Å². The highest BCUT2D eigenvalue weighted by atomic mass is 16.3. The lowest BCUT2D eigenvalue weighted by Gasteiger charge is -1.73. The summed E-state index contributed by atoms with van der Waals surface area (Å²) in [5, 5.41) is 0. The highest BCUT2D eigenvalue weighted by molar-refractivity contribution is 4.93. The van der Waals surface area contributed by atoms with Gasteiger partial charge in [-0.2, -0.15) is 0 Å². The summed E-state index contributed by atoms with van der Waals surface area (Å²) in [5.41, 5.74) is 0. The molecule has 0 saturated heterocycles. The lowest BCUT2D eigenvalue weighted by molar-refractivity contribution is 0.534. The van der Waals surface area contributed by atoms with Gasteiger partial charge in [-0.1, -0.05) is 6.08 Å². The van der Waals surface area contributed by atoms with Crippen molar-refractivity contribution in [2.24, 2.45) is 0 Å². The summed E-state index contributed by atoms with van der Waals surface area (Å²) in [6.45, 7) is 1.87. The van der Waals surface area contributed by atoms with Gasteiger partial charge in [-0.05, 0) is 6.92 Å². The van der Waals surface area contributed by atoms with E-state index in [-0.39, 0.29) is 0 Å². The van der Waals surface area contributed by atoms with Crippen molar-refractivity contribution >= 4 is 0 Å². The van der Waals surface area contributed by atoms with Gasteiger partial charge in [-0.25, -0.2) is 4.98 Å². The van der Waals surface area contributed by atoms with Crippen molar-refractivity contribution in [3.63, 3.8) is 0 Å². The Morgan fingerprint density at radius 1 is 1.88 bits per heavy atom. The van der Waals surface area contributed by atoms with E-state index < -0.39 is 0 Å². The van der Waals surface area contributed by atoms with E-state index in [9.17, 15) is 0 Å². The lowest BCUT2D eigenvalue weighted by Crippen LogP contribution is -1.66. The average molecular weight is 108 g/mol. The molecular formula is C6H6NO. The fraction of sp³-hybridized carbons (Fsp3) is 0.167. The number of hydrogen-bond donors (Lipinski definition) is 0. The Morgan fingerprint density at radius 2 is 2.75 bits per heavy atom. The molecule has 41 valence electrons. The van der Waals surface area contributed by atoms with Crippen molar-refractivity contribution in [3.8, 4) is 0 Å². The molecular weight excluding hydrogens is 102 g/mol. The van der Waals surface area contributed by atoms with Crippen LogP contribution in [0.25, 0.3) is 0 Å². The maximum Gasteiger partial charge on any atom is 0.226 e. The molecule has 0 atom stereocenters. The van der Waals surface area contributed by atoms with Crippen molar-refractivity contribution < 1.29 is 4.42 Å². The Hall–Kier alpha value is -1.05. The fourth-order valence-electron chi connectivity index (χ4n) is 0.418. The molecule has 0 amide bonds. The molecule has 1 aromatic rings. The molecule has 0 aliphatic heterocycles. The molecule has 2 heteroatoms. The monoisotopic (exact) mass is 108 g/mol. The van der Waals surface area contributed by atoms with Gasteiger partial charge in [0.2, 0.25) is 5.89 Å². The Morgan fingerprint density at radius 3 is 3.25 bits per heavy atom.